The maximum atomic E-state index is 12.1. The van der Waals surface area contributed by atoms with E-state index in [4.69, 9.17) is 9.47 Å². The van der Waals surface area contributed by atoms with E-state index in [-0.39, 0.29) is 12.1 Å². The number of amides is 2. The molecule has 0 bridgehead atoms. The zero-order valence-corrected chi connectivity index (χ0v) is 13.7. The summed E-state index contributed by atoms with van der Waals surface area (Å²) in [6.45, 7) is 3.73. The summed E-state index contributed by atoms with van der Waals surface area (Å²) in [5, 5.41) is 5.84. The van der Waals surface area contributed by atoms with Crippen LogP contribution in [0.3, 0.4) is 0 Å². The van der Waals surface area contributed by atoms with Crippen molar-refractivity contribution >= 4 is 11.7 Å². The van der Waals surface area contributed by atoms with Crippen molar-refractivity contribution in [2.24, 2.45) is 0 Å². The van der Waals surface area contributed by atoms with Gasteiger partial charge in [-0.05, 0) is 42.7 Å². The van der Waals surface area contributed by atoms with Crippen LogP contribution < -0.4 is 15.4 Å². The number of hydrogen-bond acceptors (Lipinski definition) is 3. The normalized spacial score (nSPS) is 16.6. The Hall–Kier alpha value is -2.53. The largest absolute Gasteiger partial charge is 0.489 e. The van der Waals surface area contributed by atoms with Crippen molar-refractivity contribution in [3.63, 3.8) is 0 Å². The van der Waals surface area contributed by atoms with Gasteiger partial charge in [-0.3, -0.25) is 0 Å². The molecule has 1 fully saturated rings. The number of anilines is 1. The lowest BCUT2D eigenvalue weighted by Gasteiger charge is -2.15. The fourth-order valence-electron chi connectivity index (χ4n) is 2.65. The number of benzene rings is 2. The minimum Gasteiger partial charge on any atom is -0.489 e. The molecule has 3 rings (SSSR count). The van der Waals surface area contributed by atoms with Gasteiger partial charge in [-0.1, -0.05) is 30.3 Å². The maximum Gasteiger partial charge on any atom is 0.319 e. The Bertz CT molecular complexity index is 682. The van der Waals surface area contributed by atoms with Crippen LogP contribution in [0.2, 0.25) is 0 Å². The molecule has 1 aliphatic rings. The number of urea groups is 1. The highest BCUT2D eigenvalue weighted by molar-refractivity contribution is 5.90. The molecule has 2 N–H and O–H groups in total. The molecular formula is C19H22N2O3. The van der Waals surface area contributed by atoms with Crippen LogP contribution in [0, 0.1) is 6.92 Å². The summed E-state index contributed by atoms with van der Waals surface area (Å²) in [7, 11) is 0. The van der Waals surface area contributed by atoms with Crippen molar-refractivity contribution in [1.29, 1.82) is 0 Å². The number of hydrogen-bond donors (Lipinski definition) is 2. The molecule has 5 nitrogen and oxygen atoms in total. The maximum absolute atomic E-state index is 12.1. The second kappa shape index (κ2) is 7.84. The van der Waals surface area contributed by atoms with Crippen LogP contribution in [-0.2, 0) is 11.3 Å². The molecule has 0 aromatic heterocycles. The van der Waals surface area contributed by atoms with Crippen molar-refractivity contribution in [1.82, 2.24) is 5.32 Å². The number of carbonyl (C=O) groups excluding carboxylic acids is 1. The van der Waals surface area contributed by atoms with Gasteiger partial charge in [0.15, 0.2) is 0 Å². The monoisotopic (exact) mass is 326 g/mol. The van der Waals surface area contributed by atoms with Crippen molar-refractivity contribution in [3.05, 3.63) is 59.7 Å². The number of ether oxygens (including phenoxy) is 2. The Morgan fingerprint density at radius 1 is 1.21 bits per heavy atom. The third-order valence-electron chi connectivity index (χ3n) is 4.10. The standard InChI is InChI=1S/C19H22N2O3/c1-14-15(12-24-17-7-3-2-4-8-17)6-5-9-18(14)21-19(22)20-16-10-11-23-13-16/h2-9,16H,10-13H2,1H3,(H2,20,21,22)/t16-/m1/s1. The third-order valence-corrected chi connectivity index (χ3v) is 4.10. The Kier molecular flexibility index (Phi) is 5.33. The summed E-state index contributed by atoms with van der Waals surface area (Å²) in [5.41, 5.74) is 2.84. The molecule has 2 aromatic rings. The second-order valence-electron chi connectivity index (χ2n) is 5.85. The molecule has 1 atom stereocenters. The van der Waals surface area contributed by atoms with E-state index in [0.717, 1.165) is 29.0 Å². The molecule has 2 amide bonds. The SMILES string of the molecule is Cc1c(COc2ccccc2)cccc1NC(=O)N[C@@H]1CCOC1. The van der Waals surface area contributed by atoms with Crippen molar-refractivity contribution in [2.75, 3.05) is 18.5 Å². The van der Waals surface area contributed by atoms with E-state index < -0.39 is 0 Å². The first-order valence-electron chi connectivity index (χ1n) is 8.14. The molecule has 0 saturated carbocycles. The number of rotatable bonds is 5. The topological polar surface area (TPSA) is 59.6 Å². The molecule has 1 saturated heterocycles. The summed E-state index contributed by atoms with van der Waals surface area (Å²) < 4.78 is 11.1. The van der Waals surface area contributed by atoms with Gasteiger partial charge in [0.1, 0.15) is 12.4 Å². The van der Waals surface area contributed by atoms with Crippen LogP contribution in [-0.4, -0.2) is 25.3 Å². The molecule has 1 heterocycles. The van der Waals surface area contributed by atoms with Gasteiger partial charge >= 0.3 is 6.03 Å². The Morgan fingerprint density at radius 2 is 2.04 bits per heavy atom. The zero-order chi connectivity index (χ0) is 16.8. The van der Waals surface area contributed by atoms with Crippen LogP contribution in [0.25, 0.3) is 0 Å². The molecule has 5 heteroatoms. The minimum absolute atomic E-state index is 0.0925. The molecule has 0 aliphatic carbocycles. The quantitative estimate of drug-likeness (QED) is 0.884. The number of carbonyl (C=O) groups is 1. The predicted molar refractivity (Wildman–Crippen MR) is 93.3 cm³/mol. The average Bonchev–Trinajstić information content (AvgIpc) is 3.09. The molecule has 1 aliphatic heterocycles. The lowest BCUT2D eigenvalue weighted by Crippen LogP contribution is -2.38. The van der Waals surface area contributed by atoms with Crippen LogP contribution >= 0.6 is 0 Å². The Labute approximate surface area is 142 Å². The van der Waals surface area contributed by atoms with E-state index in [0.29, 0.717) is 19.8 Å². The van der Waals surface area contributed by atoms with E-state index in [1.165, 1.54) is 0 Å². The molecule has 0 unspecified atom stereocenters. The lowest BCUT2D eigenvalue weighted by molar-refractivity contribution is 0.189. The van der Waals surface area contributed by atoms with Gasteiger partial charge in [0.2, 0.25) is 0 Å². The Morgan fingerprint density at radius 3 is 2.79 bits per heavy atom. The lowest BCUT2D eigenvalue weighted by atomic mass is 10.1. The summed E-state index contributed by atoms with van der Waals surface area (Å²) >= 11 is 0. The highest BCUT2D eigenvalue weighted by Gasteiger charge is 2.18. The van der Waals surface area contributed by atoms with Crippen LogP contribution in [0.5, 0.6) is 5.75 Å². The van der Waals surface area contributed by atoms with E-state index in [2.05, 4.69) is 10.6 Å². The highest BCUT2D eigenvalue weighted by Crippen LogP contribution is 2.21. The molecule has 126 valence electrons. The predicted octanol–water partition coefficient (Wildman–Crippen LogP) is 3.48. The third kappa shape index (κ3) is 4.26. The number of nitrogens with one attached hydrogen (secondary N) is 2. The fraction of sp³-hybridized carbons (Fsp3) is 0.316. The van der Waals surface area contributed by atoms with Crippen molar-refractivity contribution in [2.45, 2.75) is 26.0 Å². The van der Waals surface area contributed by atoms with Gasteiger partial charge < -0.3 is 20.1 Å². The van der Waals surface area contributed by atoms with E-state index >= 15 is 0 Å². The van der Waals surface area contributed by atoms with Gasteiger partial charge in [0.25, 0.3) is 0 Å². The van der Waals surface area contributed by atoms with Crippen molar-refractivity contribution in [3.8, 4) is 5.75 Å². The van der Waals surface area contributed by atoms with Gasteiger partial charge in [-0.2, -0.15) is 0 Å². The van der Waals surface area contributed by atoms with Gasteiger partial charge in [-0.25, -0.2) is 4.79 Å². The molecule has 2 aromatic carbocycles. The van der Waals surface area contributed by atoms with Crippen LogP contribution in [0.4, 0.5) is 10.5 Å². The fourth-order valence-corrected chi connectivity index (χ4v) is 2.65. The van der Waals surface area contributed by atoms with Crippen LogP contribution in [0.1, 0.15) is 17.5 Å². The first-order valence-corrected chi connectivity index (χ1v) is 8.14. The zero-order valence-electron chi connectivity index (χ0n) is 13.7. The summed E-state index contributed by atoms with van der Waals surface area (Å²) in [4.78, 5) is 12.1. The van der Waals surface area contributed by atoms with Gasteiger partial charge in [-0.15, -0.1) is 0 Å². The Balaban J connectivity index is 1.61. The molecule has 0 spiro atoms. The average molecular weight is 326 g/mol. The minimum atomic E-state index is -0.199. The summed E-state index contributed by atoms with van der Waals surface area (Å²) in [6, 6.07) is 15.4. The van der Waals surface area contributed by atoms with Gasteiger partial charge in [0.05, 0.1) is 12.6 Å². The van der Waals surface area contributed by atoms with E-state index in [1.807, 2.05) is 55.5 Å². The van der Waals surface area contributed by atoms with E-state index in [1.54, 1.807) is 0 Å². The number of para-hydroxylation sites is 1. The highest BCUT2D eigenvalue weighted by atomic mass is 16.5. The van der Waals surface area contributed by atoms with E-state index in [9.17, 15) is 4.79 Å². The van der Waals surface area contributed by atoms with Crippen LogP contribution in [0.15, 0.2) is 48.5 Å². The van der Waals surface area contributed by atoms with Gasteiger partial charge in [0, 0.05) is 12.3 Å². The summed E-state index contributed by atoms with van der Waals surface area (Å²) in [5.74, 6) is 0.828. The smallest absolute Gasteiger partial charge is 0.319 e. The second-order valence-corrected chi connectivity index (χ2v) is 5.85. The first-order chi connectivity index (χ1) is 11.7. The molecule has 24 heavy (non-hydrogen) atoms. The summed E-state index contributed by atoms with van der Waals surface area (Å²) in [6.07, 6.45) is 0.858. The molecule has 0 radical (unpaired) electrons. The first kappa shape index (κ1) is 16.3. The van der Waals surface area contributed by atoms with Crippen molar-refractivity contribution < 1.29 is 14.3 Å². The molecular weight excluding hydrogens is 304 g/mol.